The Morgan fingerprint density at radius 2 is 1.77 bits per heavy atom. The fourth-order valence-corrected chi connectivity index (χ4v) is 4.44. The molecule has 0 saturated carbocycles. The number of hydrogen-bond acceptors (Lipinski definition) is 4. The van der Waals surface area contributed by atoms with Crippen molar-refractivity contribution in [1.82, 2.24) is 14.5 Å². The van der Waals surface area contributed by atoms with E-state index in [1.54, 1.807) is 0 Å². The number of rotatable bonds is 6. The van der Waals surface area contributed by atoms with Gasteiger partial charge in [0.2, 0.25) is 0 Å². The molecule has 5 nitrogen and oxygen atoms in total. The number of hydrogen-bond donors (Lipinski definition) is 0. The van der Waals surface area contributed by atoms with Gasteiger partial charge in [0.1, 0.15) is 5.82 Å². The third-order valence-corrected chi connectivity index (χ3v) is 6.36. The maximum absolute atomic E-state index is 6.13. The number of aryl methyl sites for hydroxylation is 1. The fraction of sp³-hybridized carbons (Fsp3) is 0.360. The van der Waals surface area contributed by atoms with Crippen LogP contribution in [0.25, 0.3) is 32.9 Å². The minimum atomic E-state index is 0.333. The second kappa shape index (κ2) is 7.73. The number of fused-ring (bicyclic) bond motifs is 3. The normalized spacial score (nSPS) is 14.7. The van der Waals surface area contributed by atoms with Gasteiger partial charge < -0.3 is 14.2 Å². The van der Waals surface area contributed by atoms with Crippen LogP contribution in [0.4, 0.5) is 5.82 Å². The molecule has 154 valence electrons. The van der Waals surface area contributed by atoms with Gasteiger partial charge in [0.15, 0.2) is 0 Å². The highest BCUT2D eigenvalue weighted by Gasteiger charge is 2.30. The summed E-state index contributed by atoms with van der Waals surface area (Å²) in [5, 5.41) is 2.43. The van der Waals surface area contributed by atoms with Crippen molar-refractivity contribution in [3.05, 3.63) is 55.0 Å². The molecule has 0 unspecified atom stereocenters. The molecule has 0 radical (unpaired) electrons. The van der Waals surface area contributed by atoms with Gasteiger partial charge in [0, 0.05) is 60.6 Å². The topological polar surface area (TPSA) is 43.2 Å². The Labute approximate surface area is 177 Å². The Morgan fingerprint density at radius 1 is 0.967 bits per heavy atom. The quantitative estimate of drug-likeness (QED) is 0.447. The predicted octanol–water partition coefficient (Wildman–Crippen LogP) is 5.18. The van der Waals surface area contributed by atoms with Crippen molar-refractivity contribution in [3.63, 3.8) is 0 Å². The van der Waals surface area contributed by atoms with Crippen LogP contribution in [0.3, 0.4) is 0 Å². The molecule has 1 saturated heterocycles. The van der Waals surface area contributed by atoms with E-state index in [1.807, 2.05) is 18.6 Å². The van der Waals surface area contributed by atoms with Gasteiger partial charge in [0.05, 0.1) is 17.7 Å². The molecular formula is C25H28N4O. The lowest BCUT2D eigenvalue weighted by Gasteiger charge is -2.41. The molecule has 5 rings (SSSR count). The monoisotopic (exact) mass is 400 g/mol. The standard InChI is InChI=1S/C25H28N4O/c1-4-19(5-2)30-20-15-29(16-20)25-9-7-18(13-27-25)17-6-8-21-22-14-26-11-10-23(22)28(3)24(21)12-17/h6-14,19-20H,4-5,15-16H2,1-3H3. The lowest BCUT2D eigenvalue weighted by molar-refractivity contribution is -0.0289. The zero-order valence-electron chi connectivity index (χ0n) is 17.9. The number of ether oxygens (including phenoxy) is 1. The summed E-state index contributed by atoms with van der Waals surface area (Å²) in [6, 6.07) is 13.0. The van der Waals surface area contributed by atoms with Gasteiger partial charge >= 0.3 is 0 Å². The van der Waals surface area contributed by atoms with E-state index in [1.165, 1.54) is 27.4 Å². The highest BCUT2D eigenvalue weighted by molar-refractivity contribution is 6.08. The third kappa shape index (κ3) is 3.23. The molecule has 0 amide bonds. The van der Waals surface area contributed by atoms with Gasteiger partial charge in [-0.05, 0) is 42.7 Å². The SMILES string of the molecule is CCC(CC)OC1CN(c2ccc(-c3ccc4c5cnccc5n(C)c4c3)cn2)C1. The van der Waals surface area contributed by atoms with Crippen molar-refractivity contribution in [2.45, 2.75) is 38.9 Å². The minimum Gasteiger partial charge on any atom is -0.371 e. The van der Waals surface area contributed by atoms with Crippen LogP contribution in [-0.4, -0.2) is 39.8 Å². The van der Waals surface area contributed by atoms with E-state index in [4.69, 9.17) is 9.72 Å². The average Bonchev–Trinajstić information content (AvgIpc) is 3.05. The Kier molecular flexibility index (Phi) is 4.91. The number of pyridine rings is 2. The van der Waals surface area contributed by atoms with Gasteiger partial charge in [-0.3, -0.25) is 4.98 Å². The fourth-order valence-electron chi connectivity index (χ4n) is 4.44. The number of benzene rings is 1. The second-order valence-corrected chi connectivity index (χ2v) is 8.19. The first-order valence-corrected chi connectivity index (χ1v) is 10.9. The molecule has 1 aromatic carbocycles. The van der Waals surface area contributed by atoms with E-state index in [0.29, 0.717) is 12.2 Å². The molecule has 0 aliphatic carbocycles. The summed E-state index contributed by atoms with van der Waals surface area (Å²) in [5.74, 6) is 1.03. The first kappa shape index (κ1) is 19.1. The van der Waals surface area contributed by atoms with Crippen LogP contribution < -0.4 is 4.90 Å². The maximum Gasteiger partial charge on any atom is 0.128 e. The molecule has 0 N–H and O–H groups in total. The van der Waals surface area contributed by atoms with Crippen molar-refractivity contribution < 1.29 is 4.74 Å². The lowest BCUT2D eigenvalue weighted by atomic mass is 10.0. The minimum absolute atomic E-state index is 0.333. The van der Waals surface area contributed by atoms with Crippen molar-refractivity contribution in [2.24, 2.45) is 7.05 Å². The summed E-state index contributed by atoms with van der Waals surface area (Å²) < 4.78 is 8.36. The lowest BCUT2D eigenvalue weighted by Crippen LogP contribution is -2.53. The maximum atomic E-state index is 6.13. The Morgan fingerprint density at radius 3 is 2.50 bits per heavy atom. The zero-order chi connectivity index (χ0) is 20.7. The third-order valence-electron chi connectivity index (χ3n) is 6.36. The van der Waals surface area contributed by atoms with Gasteiger partial charge in [-0.1, -0.05) is 26.0 Å². The predicted molar refractivity (Wildman–Crippen MR) is 123 cm³/mol. The van der Waals surface area contributed by atoms with E-state index < -0.39 is 0 Å². The molecule has 1 aliphatic rings. The molecular weight excluding hydrogens is 372 g/mol. The molecule has 5 heteroatoms. The molecule has 0 spiro atoms. The van der Waals surface area contributed by atoms with Gasteiger partial charge in [-0.2, -0.15) is 0 Å². The van der Waals surface area contributed by atoms with Crippen molar-refractivity contribution in [3.8, 4) is 11.1 Å². The van der Waals surface area contributed by atoms with Gasteiger partial charge in [0.25, 0.3) is 0 Å². The van der Waals surface area contributed by atoms with Crippen LogP contribution in [0, 0.1) is 0 Å². The highest BCUT2D eigenvalue weighted by atomic mass is 16.5. The Bertz CT molecular complexity index is 1170. The van der Waals surface area contributed by atoms with Crippen LogP contribution in [0.15, 0.2) is 55.0 Å². The van der Waals surface area contributed by atoms with Gasteiger partial charge in [-0.15, -0.1) is 0 Å². The first-order valence-electron chi connectivity index (χ1n) is 10.9. The largest absolute Gasteiger partial charge is 0.371 e. The van der Waals surface area contributed by atoms with E-state index >= 15 is 0 Å². The number of aromatic nitrogens is 3. The molecule has 4 heterocycles. The van der Waals surface area contributed by atoms with Gasteiger partial charge in [-0.25, -0.2) is 4.98 Å². The molecule has 0 atom stereocenters. The number of nitrogens with zero attached hydrogens (tertiary/aromatic N) is 4. The summed E-state index contributed by atoms with van der Waals surface area (Å²) in [4.78, 5) is 11.3. The van der Waals surface area contributed by atoms with Crippen molar-refractivity contribution in [2.75, 3.05) is 18.0 Å². The van der Waals surface area contributed by atoms with E-state index in [9.17, 15) is 0 Å². The van der Waals surface area contributed by atoms with E-state index in [2.05, 4.69) is 71.7 Å². The van der Waals surface area contributed by atoms with E-state index in [0.717, 1.165) is 37.3 Å². The van der Waals surface area contributed by atoms with Crippen LogP contribution >= 0.6 is 0 Å². The summed E-state index contributed by atoms with van der Waals surface area (Å²) in [7, 11) is 2.11. The number of anilines is 1. The second-order valence-electron chi connectivity index (χ2n) is 8.19. The van der Waals surface area contributed by atoms with Crippen LogP contribution in [-0.2, 0) is 11.8 Å². The Hall–Kier alpha value is -2.92. The van der Waals surface area contributed by atoms with Crippen molar-refractivity contribution >= 4 is 27.6 Å². The molecule has 4 aromatic rings. The first-order chi connectivity index (χ1) is 14.7. The van der Waals surface area contributed by atoms with Crippen molar-refractivity contribution in [1.29, 1.82) is 0 Å². The summed E-state index contributed by atoms with van der Waals surface area (Å²) in [6.07, 6.45) is 8.65. The highest BCUT2D eigenvalue weighted by Crippen LogP contribution is 2.32. The van der Waals surface area contributed by atoms with E-state index in [-0.39, 0.29) is 0 Å². The molecule has 30 heavy (non-hydrogen) atoms. The molecule has 0 bridgehead atoms. The van der Waals surface area contributed by atoms with Crippen LogP contribution in [0.5, 0.6) is 0 Å². The van der Waals surface area contributed by atoms with Crippen LogP contribution in [0.1, 0.15) is 26.7 Å². The molecule has 1 aliphatic heterocycles. The summed E-state index contributed by atoms with van der Waals surface area (Å²) in [5.41, 5.74) is 4.73. The zero-order valence-corrected chi connectivity index (χ0v) is 17.9. The van der Waals surface area contributed by atoms with Crippen LogP contribution in [0.2, 0.25) is 0 Å². The average molecular weight is 401 g/mol. The molecule has 1 fully saturated rings. The summed E-state index contributed by atoms with van der Waals surface area (Å²) in [6.45, 7) is 6.24. The summed E-state index contributed by atoms with van der Waals surface area (Å²) >= 11 is 0. The molecule has 3 aromatic heterocycles. The smallest absolute Gasteiger partial charge is 0.128 e. The Balaban J connectivity index is 1.34.